The standard InChI is InChI=1S/C31H35BrCl2N2O3/c1-20(2)35-30(38)27(16-21-10-7-6-8-11-21)36(18-23-25(33)12-9-13-26(23)34)29(37)19-39-28-15-14-22(17-24(28)32)31(3,4)5/h6-15,17,20,27H,16,18-19H2,1-5H3,(H,35,38)/t27-/m1/s1. The van der Waals surface area contributed by atoms with Crippen LogP contribution in [0.5, 0.6) is 5.75 Å². The van der Waals surface area contributed by atoms with Gasteiger partial charge in [0.25, 0.3) is 5.91 Å². The molecule has 0 aliphatic rings. The first-order valence-corrected chi connectivity index (χ1v) is 14.4. The van der Waals surface area contributed by atoms with Gasteiger partial charge in [-0.05, 0) is 70.6 Å². The Hall–Kier alpha value is -2.54. The van der Waals surface area contributed by atoms with Gasteiger partial charge in [-0.1, -0.05) is 86.4 Å². The minimum atomic E-state index is -0.815. The third-order valence-electron chi connectivity index (χ3n) is 6.24. The lowest BCUT2D eigenvalue weighted by molar-refractivity contribution is -0.143. The summed E-state index contributed by atoms with van der Waals surface area (Å²) in [7, 11) is 0. The predicted molar refractivity (Wildman–Crippen MR) is 163 cm³/mol. The zero-order valence-corrected chi connectivity index (χ0v) is 26.0. The molecule has 208 valence electrons. The summed E-state index contributed by atoms with van der Waals surface area (Å²) in [6, 6.07) is 19.7. The van der Waals surface area contributed by atoms with Crippen molar-refractivity contribution < 1.29 is 14.3 Å². The summed E-state index contributed by atoms with van der Waals surface area (Å²) in [5.41, 5.74) is 2.60. The van der Waals surface area contributed by atoms with Gasteiger partial charge in [-0.2, -0.15) is 0 Å². The molecule has 3 aromatic rings. The highest BCUT2D eigenvalue weighted by atomic mass is 79.9. The molecule has 2 amide bonds. The maximum Gasteiger partial charge on any atom is 0.261 e. The van der Waals surface area contributed by atoms with Crippen LogP contribution in [0.1, 0.15) is 51.3 Å². The number of carbonyl (C=O) groups is 2. The van der Waals surface area contributed by atoms with Crippen molar-refractivity contribution in [3.8, 4) is 5.75 Å². The molecule has 0 unspecified atom stereocenters. The van der Waals surface area contributed by atoms with Crippen LogP contribution in [-0.4, -0.2) is 35.4 Å². The summed E-state index contributed by atoms with van der Waals surface area (Å²) in [6.45, 7) is 9.94. The van der Waals surface area contributed by atoms with Gasteiger partial charge in [0.15, 0.2) is 6.61 Å². The summed E-state index contributed by atoms with van der Waals surface area (Å²) in [6.07, 6.45) is 0.317. The summed E-state index contributed by atoms with van der Waals surface area (Å²) >= 11 is 16.6. The van der Waals surface area contributed by atoms with Crippen molar-refractivity contribution in [3.63, 3.8) is 0 Å². The summed E-state index contributed by atoms with van der Waals surface area (Å²) in [4.78, 5) is 28.8. The number of ether oxygens (including phenoxy) is 1. The molecule has 0 bridgehead atoms. The van der Waals surface area contributed by atoms with Crippen LogP contribution in [0.3, 0.4) is 0 Å². The van der Waals surface area contributed by atoms with Gasteiger partial charge in [0.2, 0.25) is 5.91 Å². The normalized spacial score (nSPS) is 12.2. The van der Waals surface area contributed by atoms with E-state index in [-0.39, 0.29) is 36.4 Å². The molecule has 5 nitrogen and oxygen atoms in total. The Morgan fingerprint density at radius 3 is 2.18 bits per heavy atom. The fourth-order valence-corrected chi connectivity index (χ4v) is 5.11. The van der Waals surface area contributed by atoms with E-state index in [1.807, 2.05) is 62.4 Å². The van der Waals surface area contributed by atoms with Crippen LogP contribution in [0.2, 0.25) is 10.0 Å². The number of nitrogens with one attached hydrogen (secondary N) is 1. The van der Waals surface area contributed by atoms with Gasteiger partial charge < -0.3 is 15.0 Å². The molecule has 1 atom stereocenters. The molecule has 0 fully saturated rings. The van der Waals surface area contributed by atoms with E-state index in [2.05, 4.69) is 42.0 Å². The Kier molecular flexibility index (Phi) is 10.9. The van der Waals surface area contributed by atoms with Crippen LogP contribution >= 0.6 is 39.1 Å². The van der Waals surface area contributed by atoms with Crippen molar-refractivity contribution in [1.29, 1.82) is 0 Å². The lowest BCUT2D eigenvalue weighted by Gasteiger charge is -2.32. The number of benzene rings is 3. The number of nitrogens with zero attached hydrogens (tertiary/aromatic N) is 1. The van der Waals surface area contributed by atoms with Crippen molar-refractivity contribution >= 4 is 50.9 Å². The molecule has 39 heavy (non-hydrogen) atoms. The smallest absolute Gasteiger partial charge is 0.261 e. The van der Waals surface area contributed by atoms with E-state index in [1.165, 1.54) is 4.90 Å². The van der Waals surface area contributed by atoms with Gasteiger partial charge in [0.05, 0.1) is 4.47 Å². The number of hydrogen-bond acceptors (Lipinski definition) is 3. The molecule has 0 aliphatic carbocycles. The van der Waals surface area contributed by atoms with E-state index in [0.29, 0.717) is 27.8 Å². The molecule has 8 heteroatoms. The molecule has 0 saturated carbocycles. The third kappa shape index (κ3) is 8.72. The van der Waals surface area contributed by atoms with E-state index >= 15 is 0 Å². The first-order chi connectivity index (χ1) is 18.4. The SMILES string of the molecule is CC(C)NC(=O)[C@@H](Cc1ccccc1)N(Cc1c(Cl)cccc1Cl)C(=O)COc1ccc(C(C)(C)C)cc1Br. The molecule has 0 aliphatic heterocycles. The van der Waals surface area contributed by atoms with E-state index in [9.17, 15) is 9.59 Å². The molecule has 0 saturated heterocycles. The van der Waals surface area contributed by atoms with Gasteiger partial charge in [0.1, 0.15) is 11.8 Å². The number of halogens is 3. The first kappa shape index (κ1) is 31.0. The molecular weight excluding hydrogens is 599 g/mol. The highest BCUT2D eigenvalue weighted by Gasteiger charge is 2.32. The molecular formula is C31H35BrCl2N2O3. The minimum absolute atomic E-state index is 0.0314. The zero-order chi connectivity index (χ0) is 28.7. The van der Waals surface area contributed by atoms with Crippen LogP contribution in [0.4, 0.5) is 0 Å². The van der Waals surface area contributed by atoms with Crippen molar-refractivity contribution in [2.45, 2.75) is 65.1 Å². The first-order valence-electron chi connectivity index (χ1n) is 12.9. The second-order valence-corrected chi connectivity index (χ2v) is 12.4. The number of hydrogen-bond donors (Lipinski definition) is 1. The van der Waals surface area contributed by atoms with Gasteiger partial charge in [0, 0.05) is 34.6 Å². The number of amides is 2. The predicted octanol–water partition coefficient (Wildman–Crippen LogP) is 7.60. The van der Waals surface area contributed by atoms with E-state index < -0.39 is 6.04 Å². The average molecular weight is 634 g/mol. The molecule has 1 N–H and O–H groups in total. The van der Waals surface area contributed by atoms with Crippen molar-refractivity contribution in [1.82, 2.24) is 10.2 Å². The third-order valence-corrected chi connectivity index (χ3v) is 7.57. The van der Waals surface area contributed by atoms with Gasteiger partial charge in [-0.3, -0.25) is 9.59 Å². The molecule has 3 aromatic carbocycles. The van der Waals surface area contributed by atoms with Crippen LogP contribution < -0.4 is 10.1 Å². The Morgan fingerprint density at radius 2 is 1.62 bits per heavy atom. The van der Waals surface area contributed by atoms with Crippen LogP contribution in [0.15, 0.2) is 71.2 Å². The van der Waals surface area contributed by atoms with Crippen LogP contribution in [0.25, 0.3) is 0 Å². The Bertz CT molecular complexity index is 1270. The molecule has 0 aromatic heterocycles. The topological polar surface area (TPSA) is 58.6 Å². The molecule has 0 heterocycles. The summed E-state index contributed by atoms with van der Waals surface area (Å²) in [5, 5.41) is 3.81. The summed E-state index contributed by atoms with van der Waals surface area (Å²) in [5.74, 6) is -0.0861. The van der Waals surface area contributed by atoms with Crippen LogP contribution in [-0.2, 0) is 28.0 Å². The van der Waals surface area contributed by atoms with E-state index in [4.69, 9.17) is 27.9 Å². The lowest BCUT2D eigenvalue weighted by atomic mass is 9.87. The molecule has 3 rings (SSSR count). The second-order valence-electron chi connectivity index (χ2n) is 10.8. The number of carbonyl (C=O) groups excluding carboxylic acids is 2. The van der Waals surface area contributed by atoms with Gasteiger partial charge >= 0.3 is 0 Å². The highest BCUT2D eigenvalue weighted by Crippen LogP contribution is 2.32. The van der Waals surface area contributed by atoms with Gasteiger partial charge in [-0.15, -0.1) is 0 Å². The lowest BCUT2D eigenvalue weighted by Crippen LogP contribution is -2.52. The van der Waals surface area contributed by atoms with E-state index in [1.54, 1.807) is 18.2 Å². The monoisotopic (exact) mass is 632 g/mol. The fourth-order valence-electron chi connectivity index (χ4n) is 4.10. The zero-order valence-electron chi connectivity index (χ0n) is 22.9. The van der Waals surface area contributed by atoms with E-state index in [0.717, 1.165) is 15.6 Å². The van der Waals surface area contributed by atoms with Crippen molar-refractivity contribution in [2.75, 3.05) is 6.61 Å². The Morgan fingerprint density at radius 1 is 0.974 bits per heavy atom. The Balaban J connectivity index is 1.95. The fraction of sp³-hybridized carbons (Fsp3) is 0.355. The quantitative estimate of drug-likeness (QED) is 0.250. The minimum Gasteiger partial charge on any atom is -0.483 e. The van der Waals surface area contributed by atoms with Gasteiger partial charge in [-0.25, -0.2) is 0 Å². The summed E-state index contributed by atoms with van der Waals surface area (Å²) < 4.78 is 6.72. The van der Waals surface area contributed by atoms with Crippen molar-refractivity contribution in [3.05, 3.63) is 97.9 Å². The Labute approximate surface area is 250 Å². The maximum atomic E-state index is 13.8. The molecule has 0 radical (unpaired) electrons. The second kappa shape index (κ2) is 13.7. The van der Waals surface area contributed by atoms with Crippen molar-refractivity contribution in [2.24, 2.45) is 0 Å². The highest BCUT2D eigenvalue weighted by molar-refractivity contribution is 9.10. The number of rotatable bonds is 10. The molecule has 0 spiro atoms. The average Bonchev–Trinajstić information content (AvgIpc) is 2.86. The van der Waals surface area contributed by atoms with Crippen LogP contribution in [0, 0.1) is 0 Å². The largest absolute Gasteiger partial charge is 0.483 e. The maximum absolute atomic E-state index is 13.8.